The molecule has 0 bridgehead atoms. The lowest BCUT2D eigenvalue weighted by Gasteiger charge is -2.24. The number of benzene rings is 1. The number of fused-ring (bicyclic) bond motifs is 1. The molecule has 0 N–H and O–H groups in total. The lowest BCUT2D eigenvalue weighted by Crippen LogP contribution is -2.34. The van der Waals surface area contributed by atoms with Gasteiger partial charge in [-0.1, -0.05) is 17.4 Å². The molecule has 1 aromatic carbocycles. The Morgan fingerprint density at radius 1 is 1.00 bits per heavy atom. The van der Waals surface area contributed by atoms with Crippen molar-refractivity contribution in [2.75, 3.05) is 49.2 Å². The van der Waals surface area contributed by atoms with Gasteiger partial charge in [0.1, 0.15) is 0 Å². The maximum Gasteiger partial charge on any atom is 0.256 e. The maximum atomic E-state index is 13.3. The number of hydrogen-bond acceptors (Lipinski definition) is 7. The molecule has 2 unspecified atom stereocenters. The zero-order valence-corrected chi connectivity index (χ0v) is 16.8. The van der Waals surface area contributed by atoms with Gasteiger partial charge in [-0.3, -0.25) is 4.79 Å². The number of aryl methyl sites for hydroxylation is 2. The zero-order chi connectivity index (χ0) is 20.0. The Morgan fingerprint density at radius 3 is 2.34 bits per heavy atom. The molecule has 2 fully saturated rings. The molecule has 2 saturated heterocycles. The van der Waals surface area contributed by atoms with Crippen LogP contribution in [0.25, 0.3) is 0 Å². The standard InChI is InChI=1S/C21H25N7O/c1-14-9-15(2)24-21(23-14)27-12-16-10-26(11-17(16)13-27)20(29)18-5-3-4-6-19(18)28-8-7-22-25-28/h3-6,9,16-17H,7-8,10-13H2,1-2H3. The number of carbonyl (C=O) groups is 1. The molecule has 1 aromatic heterocycles. The molecule has 5 rings (SSSR count). The third kappa shape index (κ3) is 3.32. The number of rotatable bonds is 3. The number of carbonyl (C=O) groups excluding carboxylic acids is 1. The number of aromatic nitrogens is 2. The van der Waals surface area contributed by atoms with Crippen molar-refractivity contribution in [3.8, 4) is 0 Å². The van der Waals surface area contributed by atoms with Crippen LogP contribution in [0.5, 0.6) is 0 Å². The molecule has 1 amide bonds. The second-order valence-corrected chi connectivity index (χ2v) is 8.18. The van der Waals surface area contributed by atoms with Gasteiger partial charge in [0.15, 0.2) is 0 Å². The van der Waals surface area contributed by atoms with Crippen molar-refractivity contribution in [2.45, 2.75) is 13.8 Å². The molecular formula is C21H25N7O. The van der Waals surface area contributed by atoms with Gasteiger partial charge in [0.2, 0.25) is 5.95 Å². The third-order valence-electron chi connectivity index (χ3n) is 6.02. The Kier molecular flexibility index (Phi) is 4.41. The summed E-state index contributed by atoms with van der Waals surface area (Å²) in [5, 5.41) is 10.0. The van der Waals surface area contributed by atoms with Gasteiger partial charge in [-0.05, 0) is 32.0 Å². The lowest BCUT2D eigenvalue weighted by atomic mass is 10.0. The second-order valence-electron chi connectivity index (χ2n) is 8.18. The van der Waals surface area contributed by atoms with E-state index in [9.17, 15) is 4.79 Å². The molecule has 0 aliphatic carbocycles. The summed E-state index contributed by atoms with van der Waals surface area (Å²) in [4.78, 5) is 26.8. The van der Waals surface area contributed by atoms with E-state index in [2.05, 4.69) is 25.2 Å². The number of nitrogens with zero attached hydrogens (tertiary/aromatic N) is 7. The van der Waals surface area contributed by atoms with Crippen molar-refractivity contribution in [1.29, 1.82) is 0 Å². The van der Waals surface area contributed by atoms with Crippen LogP contribution >= 0.6 is 0 Å². The van der Waals surface area contributed by atoms with Gasteiger partial charge in [-0.25, -0.2) is 15.0 Å². The average molecular weight is 391 g/mol. The van der Waals surface area contributed by atoms with Gasteiger partial charge >= 0.3 is 0 Å². The average Bonchev–Trinajstić information content (AvgIpc) is 3.43. The fourth-order valence-corrected chi connectivity index (χ4v) is 4.69. The largest absolute Gasteiger partial charge is 0.340 e. The monoisotopic (exact) mass is 391 g/mol. The first-order valence-electron chi connectivity index (χ1n) is 10.2. The predicted octanol–water partition coefficient (Wildman–Crippen LogP) is 2.49. The molecule has 0 spiro atoms. The van der Waals surface area contributed by atoms with E-state index in [1.165, 1.54) is 0 Å². The second kappa shape index (κ2) is 7.09. The smallest absolute Gasteiger partial charge is 0.256 e. The topological polar surface area (TPSA) is 77.3 Å². The van der Waals surface area contributed by atoms with Crippen LogP contribution < -0.4 is 9.91 Å². The highest BCUT2D eigenvalue weighted by Crippen LogP contribution is 2.34. The van der Waals surface area contributed by atoms with Crippen LogP contribution in [-0.2, 0) is 0 Å². The predicted molar refractivity (Wildman–Crippen MR) is 110 cm³/mol. The van der Waals surface area contributed by atoms with Gasteiger partial charge < -0.3 is 9.80 Å². The molecule has 29 heavy (non-hydrogen) atoms. The molecule has 150 valence electrons. The summed E-state index contributed by atoms with van der Waals surface area (Å²) >= 11 is 0. The van der Waals surface area contributed by atoms with E-state index < -0.39 is 0 Å². The van der Waals surface area contributed by atoms with Crippen molar-refractivity contribution in [2.24, 2.45) is 22.2 Å². The Balaban J connectivity index is 1.30. The summed E-state index contributed by atoms with van der Waals surface area (Å²) in [6, 6.07) is 9.71. The number of likely N-dealkylation sites (tertiary alicyclic amines) is 1. The maximum absolute atomic E-state index is 13.3. The van der Waals surface area contributed by atoms with E-state index >= 15 is 0 Å². The summed E-state index contributed by atoms with van der Waals surface area (Å²) in [7, 11) is 0. The van der Waals surface area contributed by atoms with Crippen LogP contribution in [0.2, 0.25) is 0 Å². The first kappa shape index (κ1) is 18.0. The molecule has 4 heterocycles. The van der Waals surface area contributed by atoms with E-state index in [-0.39, 0.29) is 5.91 Å². The quantitative estimate of drug-likeness (QED) is 0.803. The summed E-state index contributed by atoms with van der Waals surface area (Å²) < 4.78 is 0. The molecule has 0 saturated carbocycles. The van der Waals surface area contributed by atoms with E-state index in [1.54, 1.807) is 0 Å². The third-order valence-corrected chi connectivity index (χ3v) is 6.02. The number of hydrogen-bond donors (Lipinski definition) is 0. The van der Waals surface area contributed by atoms with E-state index in [4.69, 9.17) is 0 Å². The van der Waals surface area contributed by atoms with Crippen molar-refractivity contribution < 1.29 is 4.79 Å². The Morgan fingerprint density at radius 2 is 1.69 bits per heavy atom. The van der Waals surface area contributed by atoms with Crippen molar-refractivity contribution in [1.82, 2.24) is 14.9 Å². The molecule has 3 aliphatic rings. The van der Waals surface area contributed by atoms with E-state index in [0.717, 1.165) is 55.7 Å². The van der Waals surface area contributed by atoms with Gasteiger partial charge in [-0.2, -0.15) is 5.11 Å². The van der Waals surface area contributed by atoms with E-state index in [0.29, 0.717) is 23.9 Å². The van der Waals surface area contributed by atoms with Crippen molar-refractivity contribution in [3.05, 3.63) is 47.3 Å². The Hall–Kier alpha value is -3.03. The SMILES string of the molecule is Cc1cc(C)nc(N2CC3CN(C(=O)c4ccccc4N4CCN=N4)CC3C2)n1. The van der Waals surface area contributed by atoms with Crippen LogP contribution in [0.3, 0.4) is 0 Å². The van der Waals surface area contributed by atoms with Crippen LogP contribution in [0, 0.1) is 25.7 Å². The van der Waals surface area contributed by atoms with Crippen molar-refractivity contribution >= 4 is 17.5 Å². The summed E-state index contributed by atoms with van der Waals surface area (Å²) in [5.41, 5.74) is 3.55. The number of amides is 1. The van der Waals surface area contributed by atoms with Gasteiger partial charge in [0.25, 0.3) is 5.91 Å². The molecule has 8 nitrogen and oxygen atoms in total. The van der Waals surface area contributed by atoms with E-state index in [1.807, 2.05) is 54.1 Å². The first-order valence-corrected chi connectivity index (χ1v) is 10.2. The molecule has 8 heteroatoms. The summed E-state index contributed by atoms with van der Waals surface area (Å²) in [6.07, 6.45) is 0. The minimum Gasteiger partial charge on any atom is -0.340 e. The number of anilines is 2. The molecular weight excluding hydrogens is 366 g/mol. The highest BCUT2D eigenvalue weighted by molar-refractivity contribution is 6.00. The van der Waals surface area contributed by atoms with Gasteiger partial charge in [0, 0.05) is 49.4 Å². The molecule has 2 atom stereocenters. The summed E-state index contributed by atoms with van der Waals surface area (Å²) in [5.74, 6) is 1.83. The van der Waals surface area contributed by atoms with Crippen LogP contribution in [0.15, 0.2) is 40.7 Å². The lowest BCUT2D eigenvalue weighted by molar-refractivity contribution is 0.0783. The minimum atomic E-state index is 0.0892. The van der Waals surface area contributed by atoms with Crippen LogP contribution in [0.1, 0.15) is 21.7 Å². The highest BCUT2D eigenvalue weighted by Gasteiger charge is 2.43. The molecule has 2 aromatic rings. The Bertz CT molecular complexity index is 941. The van der Waals surface area contributed by atoms with Crippen LogP contribution in [0.4, 0.5) is 11.6 Å². The molecule has 3 aliphatic heterocycles. The highest BCUT2D eigenvalue weighted by atomic mass is 16.2. The minimum absolute atomic E-state index is 0.0892. The molecule has 0 radical (unpaired) electrons. The fraction of sp³-hybridized carbons (Fsp3) is 0.476. The zero-order valence-electron chi connectivity index (χ0n) is 16.8. The fourth-order valence-electron chi connectivity index (χ4n) is 4.69. The van der Waals surface area contributed by atoms with Gasteiger partial charge in [0.05, 0.1) is 24.3 Å². The van der Waals surface area contributed by atoms with Gasteiger partial charge in [-0.15, -0.1) is 0 Å². The van der Waals surface area contributed by atoms with Crippen molar-refractivity contribution in [3.63, 3.8) is 0 Å². The number of para-hydroxylation sites is 1. The Labute approximate surface area is 170 Å². The first-order chi connectivity index (χ1) is 14.1. The normalized spacial score (nSPS) is 23.2. The van der Waals surface area contributed by atoms with Crippen LogP contribution in [-0.4, -0.2) is 60.0 Å². The summed E-state index contributed by atoms with van der Waals surface area (Å²) in [6.45, 7) is 8.77.